The summed E-state index contributed by atoms with van der Waals surface area (Å²) < 4.78 is 5.90. The number of pyridine rings is 1. The zero-order chi connectivity index (χ0) is 24.2. The first-order valence-corrected chi connectivity index (χ1v) is 11.9. The SMILES string of the molecule is O=C(CN1C(=O)c2cccnc2Oc2ccc(Cl)cc21)N1CCN(CC=Cc2ccccc2)CC1. The van der Waals surface area contributed by atoms with Crippen LogP contribution < -0.4 is 9.64 Å². The average Bonchev–Trinajstić information content (AvgIpc) is 2.99. The molecule has 0 spiro atoms. The molecule has 2 aliphatic rings. The number of anilines is 1. The minimum atomic E-state index is -0.341. The molecule has 0 unspecified atom stereocenters. The number of benzene rings is 2. The molecule has 8 heteroatoms. The molecule has 178 valence electrons. The number of carbonyl (C=O) groups is 2. The third-order valence-electron chi connectivity index (χ3n) is 6.16. The molecule has 2 aliphatic heterocycles. The van der Waals surface area contributed by atoms with Gasteiger partial charge in [0.1, 0.15) is 12.1 Å². The van der Waals surface area contributed by atoms with Gasteiger partial charge in [-0.3, -0.25) is 19.4 Å². The van der Waals surface area contributed by atoms with Crippen molar-refractivity contribution in [2.45, 2.75) is 0 Å². The summed E-state index contributed by atoms with van der Waals surface area (Å²) in [6, 6.07) is 18.5. The van der Waals surface area contributed by atoms with Crippen molar-refractivity contribution >= 4 is 35.2 Å². The summed E-state index contributed by atoms with van der Waals surface area (Å²) in [5.74, 6) is 0.194. The van der Waals surface area contributed by atoms with Crippen LogP contribution in [0.15, 0.2) is 72.9 Å². The molecule has 0 N–H and O–H groups in total. The van der Waals surface area contributed by atoms with Gasteiger partial charge in [-0.1, -0.05) is 54.1 Å². The van der Waals surface area contributed by atoms with Crippen molar-refractivity contribution in [2.24, 2.45) is 0 Å². The van der Waals surface area contributed by atoms with Gasteiger partial charge < -0.3 is 9.64 Å². The maximum Gasteiger partial charge on any atom is 0.264 e. The van der Waals surface area contributed by atoms with Crippen molar-refractivity contribution in [1.29, 1.82) is 0 Å². The molecule has 3 heterocycles. The highest BCUT2D eigenvalue weighted by Gasteiger charge is 2.32. The number of nitrogens with zero attached hydrogens (tertiary/aromatic N) is 4. The van der Waals surface area contributed by atoms with E-state index in [0.29, 0.717) is 35.1 Å². The van der Waals surface area contributed by atoms with E-state index < -0.39 is 0 Å². The third-order valence-corrected chi connectivity index (χ3v) is 6.39. The standard InChI is InChI=1S/C27H25ClN4O3/c28-21-10-11-24-23(18-21)32(27(34)22-9-4-12-29-26(22)35-24)19-25(33)31-16-14-30(15-17-31)13-5-8-20-6-2-1-3-7-20/h1-12,18H,13-17,19H2. The van der Waals surface area contributed by atoms with Crippen molar-refractivity contribution < 1.29 is 14.3 Å². The summed E-state index contributed by atoms with van der Waals surface area (Å²) in [6.45, 7) is 3.49. The zero-order valence-electron chi connectivity index (χ0n) is 19.1. The van der Waals surface area contributed by atoms with E-state index in [4.69, 9.17) is 16.3 Å². The van der Waals surface area contributed by atoms with Crippen molar-refractivity contribution in [2.75, 3.05) is 44.2 Å². The molecule has 1 fully saturated rings. The zero-order valence-corrected chi connectivity index (χ0v) is 19.9. The number of aromatic nitrogens is 1. The Morgan fingerprint density at radius 1 is 1.03 bits per heavy atom. The van der Waals surface area contributed by atoms with Gasteiger partial charge in [-0.05, 0) is 35.9 Å². The topological polar surface area (TPSA) is 66.0 Å². The quantitative estimate of drug-likeness (QED) is 0.534. The predicted molar refractivity (Wildman–Crippen MR) is 136 cm³/mol. The van der Waals surface area contributed by atoms with E-state index >= 15 is 0 Å². The first-order chi connectivity index (χ1) is 17.1. The normalized spacial score (nSPS) is 16.0. The number of fused-ring (bicyclic) bond motifs is 2. The number of carbonyl (C=O) groups excluding carboxylic acids is 2. The Balaban J connectivity index is 1.25. The fraction of sp³-hybridized carbons (Fsp3) is 0.222. The number of hydrogen-bond acceptors (Lipinski definition) is 5. The summed E-state index contributed by atoms with van der Waals surface area (Å²) in [7, 11) is 0. The molecule has 1 saturated heterocycles. The Morgan fingerprint density at radius 2 is 1.83 bits per heavy atom. The molecule has 0 bridgehead atoms. The van der Waals surface area contributed by atoms with Gasteiger partial charge in [0.05, 0.1) is 5.69 Å². The van der Waals surface area contributed by atoms with Gasteiger partial charge in [-0.15, -0.1) is 0 Å². The van der Waals surface area contributed by atoms with Crippen molar-refractivity contribution in [3.05, 3.63) is 89.1 Å². The van der Waals surface area contributed by atoms with Crippen molar-refractivity contribution in [3.63, 3.8) is 0 Å². The summed E-state index contributed by atoms with van der Waals surface area (Å²) in [5.41, 5.74) is 1.94. The van der Waals surface area contributed by atoms with Crippen LogP contribution >= 0.6 is 11.6 Å². The van der Waals surface area contributed by atoms with Crippen LogP contribution in [0.1, 0.15) is 15.9 Å². The minimum Gasteiger partial charge on any atom is -0.436 e. The lowest BCUT2D eigenvalue weighted by atomic mass is 10.2. The number of hydrogen-bond donors (Lipinski definition) is 0. The highest BCUT2D eigenvalue weighted by atomic mass is 35.5. The summed E-state index contributed by atoms with van der Waals surface area (Å²) in [6.07, 6.45) is 5.83. The van der Waals surface area contributed by atoms with Crippen LogP contribution in [0, 0.1) is 0 Å². The monoisotopic (exact) mass is 488 g/mol. The largest absolute Gasteiger partial charge is 0.436 e. The Hall–Kier alpha value is -3.68. The van der Waals surface area contributed by atoms with E-state index in [-0.39, 0.29) is 24.2 Å². The number of rotatable bonds is 5. The van der Waals surface area contributed by atoms with Crippen LogP contribution in [0.4, 0.5) is 5.69 Å². The van der Waals surface area contributed by atoms with Gasteiger partial charge in [0.15, 0.2) is 5.75 Å². The van der Waals surface area contributed by atoms with E-state index in [1.165, 1.54) is 10.5 Å². The molecule has 5 rings (SSSR count). The second-order valence-electron chi connectivity index (χ2n) is 8.46. The lowest BCUT2D eigenvalue weighted by Crippen LogP contribution is -2.51. The lowest BCUT2D eigenvalue weighted by molar-refractivity contribution is -0.131. The fourth-order valence-electron chi connectivity index (χ4n) is 4.26. The number of ether oxygens (including phenoxy) is 1. The Labute approximate surface area is 209 Å². The van der Waals surface area contributed by atoms with Crippen LogP contribution in [0.2, 0.25) is 5.02 Å². The summed E-state index contributed by atoms with van der Waals surface area (Å²) in [5, 5.41) is 0.452. The highest BCUT2D eigenvalue weighted by molar-refractivity contribution is 6.31. The Morgan fingerprint density at radius 3 is 2.63 bits per heavy atom. The second kappa shape index (κ2) is 10.3. The highest BCUT2D eigenvalue weighted by Crippen LogP contribution is 2.39. The molecule has 2 amide bonds. The lowest BCUT2D eigenvalue weighted by Gasteiger charge is -2.35. The maximum absolute atomic E-state index is 13.4. The average molecular weight is 489 g/mol. The fourth-order valence-corrected chi connectivity index (χ4v) is 4.42. The first-order valence-electron chi connectivity index (χ1n) is 11.5. The molecule has 0 saturated carbocycles. The van der Waals surface area contributed by atoms with E-state index in [9.17, 15) is 9.59 Å². The van der Waals surface area contributed by atoms with E-state index in [0.717, 1.165) is 19.6 Å². The molecule has 1 aromatic heterocycles. The molecule has 2 aromatic carbocycles. The van der Waals surface area contributed by atoms with Gasteiger partial charge in [0.2, 0.25) is 11.8 Å². The molecular formula is C27H25ClN4O3. The van der Waals surface area contributed by atoms with Gasteiger partial charge in [-0.25, -0.2) is 4.98 Å². The molecule has 0 aliphatic carbocycles. The second-order valence-corrected chi connectivity index (χ2v) is 8.89. The van der Waals surface area contributed by atoms with Gasteiger partial charge in [0, 0.05) is 43.9 Å². The third kappa shape index (κ3) is 5.21. The van der Waals surface area contributed by atoms with Gasteiger partial charge >= 0.3 is 0 Å². The summed E-state index contributed by atoms with van der Waals surface area (Å²) in [4.78, 5) is 36.4. The molecule has 3 aromatic rings. The summed E-state index contributed by atoms with van der Waals surface area (Å²) >= 11 is 6.22. The number of halogens is 1. The van der Waals surface area contributed by atoms with E-state index in [2.05, 4.69) is 34.2 Å². The predicted octanol–water partition coefficient (Wildman–Crippen LogP) is 4.35. The smallest absolute Gasteiger partial charge is 0.264 e. The van der Waals surface area contributed by atoms with Crippen molar-refractivity contribution in [3.8, 4) is 11.6 Å². The molecule has 35 heavy (non-hydrogen) atoms. The van der Waals surface area contributed by atoms with Crippen LogP contribution in [0.25, 0.3) is 6.08 Å². The van der Waals surface area contributed by atoms with E-state index in [1.807, 2.05) is 23.1 Å². The number of piperazine rings is 1. The van der Waals surface area contributed by atoms with Crippen LogP contribution in [0.5, 0.6) is 11.6 Å². The van der Waals surface area contributed by atoms with Crippen LogP contribution in [-0.4, -0.2) is 65.9 Å². The number of amides is 2. The van der Waals surface area contributed by atoms with Gasteiger partial charge in [-0.2, -0.15) is 0 Å². The molecule has 0 radical (unpaired) electrons. The van der Waals surface area contributed by atoms with Crippen molar-refractivity contribution in [1.82, 2.24) is 14.8 Å². The van der Waals surface area contributed by atoms with Crippen LogP contribution in [-0.2, 0) is 4.79 Å². The maximum atomic E-state index is 13.4. The molecular weight excluding hydrogens is 464 g/mol. The van der Waals surface area contributed by atoms with E-state index in [1.54, 1.807) is 36.5 Å². The van der Waals surface area contributed by atoms with Crippen LogP contribution in [0.3, 0.4) is 0 Å². The Bertz CT molecular complexity index is 1260. The first kappa shape index (κ1) is 23.1. The van der Waals surface area contributed by atoms with Gasteiger partial charge in [0.25, 0.3) is 5.91 Å². The molecule has 7 nitrogen and oxygen atoms in total. The molecule has 0 atom stereocenters. The minimum absolute atomic E-state index is 0.0994. The Kier molecular flexibility index (Phi) is 6.79.